The highest BCUT2D eigenvalue weighted by Gasteiger charge is 2.15. The Bertz CT molecular complexity index is 1650. The standard InChI is InChI=1S/C36H34N4O/c1-22-12-7-13-23(2)34(22)37-26(5)30-18-10-20-32(39-30)28-16-9-17-29(36(28)41)33-21-11-19-31(40-33)27(6)38-35-24(3)14-8-15-25(35)4/h7-21,41H,1-6H3. The molecule has 41 heavy (non-hydrogen) atoms. The Morgan fingerprint density at radius 1 is 0.512 bits per heavy atom. The Kier molecular flexibility index (Phi) is 7.88. The number of hydrogen-bond donors (Lipinski definition) is 1. The summed E-state index contributed by atoms with van der Waals surface area (Å²) in [5.41, 5.74) is 12.2. The Balaban J connectivity index is 1.50. The fourth-order valence-corrected chi connectivity index (χ4v) is 4.94. The van der Waals surface area contributed by atoms with Gasteiger partial charge in [-0.15, -0.1) is 0 Å². The molecule has 2 aromatic heterocycles. The first-order valence-corrected chi connectivity index (χ1v) is 13.7. The van der Waals surface area contributed by atoms with Gasteiger partial charge < -0.3 is 5.11 Å². The second-order valence-corrected chi connectivity index (χ2v) is 10.4. The molecule has 0 saturated heterocycles. The van der Waals surface area contributed by atoms with Gasteiger partial charge in [0.1, 0.15) is 5.75 Å². The third-order valence-corrected chi connectivity index (χ3v) is 7.27. The van der Waals surface area contributed by atoms with E-state index in [4.69, 9.17) is 20.0 Å². The number of rotatable bonds is 6. The van der Waals surface area contributed by atoms with Gasteiger partial charge in [-0.1, -0.05) is 54.6 Å². The van der Waals surface area contributed by atoms with Crippen LogP contribution in [0.3, 0.4) is 0 Å². The molecular weight excluding hydrogens is 504 g/mol. The molecule has 2 heterocycles. The van der Waals surface area contributed by atoms with Crippen LogP contribution in [-0.2, 0) is 0 Å². The lowest BCUT2D eigenvalue weighted by Gasteiger charge is -2.12. The molecule has 5 heteroatoms. The van der Waals surface area contributed by atoms with E-state index in [1.54, 1.807) is 0 Å². The van der Waals surface area contributed by atoms with E-state index in [0.717, 1.165) is 56.4 Å². The van der Waals surface area contributed by atoms with Gasteiger partial charge >= 0.3 is 0 Å². The lowest BCUT2D eigenvalue weighted by atomic mass is 10.0. The highest BCUT2D eigenvalue weighted by Crippen LogP contribution is 2.37. The third-order valence-electron chi connectivity index (χ3n) is 7.27. The van der Waals surface area contributed by atoms with Crippen molar-refractivity contribution in [2.24, 2.45) is 9.98 Å². The van der Waals surface area contributed by atoms with Crippen molar-refractivity contribution in [3.05, 3.63) is 125 Å². The summed E-state index contributed by atoms with van der Waals surface area (Å²) >= 11 is 0. The molecule has 3 aromatic carbocycles. The van der Waals surface area contributed by atoms with Crippen molar-refractivity contribution in [3.63, 3.8) is 0 Å². The van der Waals surface area contributed by atoms with Crippen molar-refractivity contribution in [1.29, 1.82) is 0 Å². The van der Waals surface area contributed by atoms with E-state index >= 15 is 0 Å². The van der Waals surface area contributed by atoms with E-state index in [2.05, 4.69) is 52.0 Å². The van der Waals surface area contributed by atoms with Crippen molar-refractivity contribution in [3.8, 4) is 28.3 Å². The number of pyridine rings is 2. The summed E-state index contributed by atoms with van der Waals surface area (Å²) in [5.74, 6) is 0.135. The Morgan fingerprint density at radius 2 is 0.854 bits per heavy atom. The van der Waals surface area contributed by atoms with Gasteiger partial charge in [-0.3, -0.25) is 9.98 Å². The molecule has 1 N–H and O–H groups in total. The second kappa shape index (κ2) is 11.7. The Morgan fingerprint density at radius 3 is 1.24 bits per heavy atom. The number of aromatic hydroxyl groups is 1. The smallest absolute Gasteiger partial charge is 0.134 e. The van der Waals surface area contributed by atoms with Gasteiger partial charge in [-0.25, -0.2) is 9.97 Å². The minimum absolute atomic E-state index is 0.135. The summed E-state index contributed by atoms with van der Waals surface area (Å²) in [6.45, 7) is 12.2. The summed E-state index contributed by atoms with van der Waals surface area (Å²) in [4.78, 5) is 19.5. The average molecular weight is 539 g/mol. The fourth-order valence-electron chi connectivity index (χ4n) is 4.94. The molecule has 0 fully saturated rings. The molecule has 5 rings (SSSR count). The summed E-state index contributed by atoms with van der Waals surface area (Å²) in [5, 5.41) is 11.4. The van der Waals surface area contributed by atoms with Crippen LogP contribution in [-0.4, -0.2) is 26.5 Å². The van der Waals surface area contributed by atoms with Gasteiger partial charge in [0.25, 0.3) is 0 Å². The largest absolute Gasteiger partial charge is 0.507 e. The van der Waals surface area contributed by atoms with Gasteiger partial charge in [0, 0.05) is 11.1 Å². The number of benzene rings is 3. The predicted molar refractivity (Wildman–Crippen MR) is 170 cm³/mol. The maximum atomic E-state index is 11.4. The summed E-state index contributed by atoms with van der Waals surface area (Å²) < 4.78 is 0. The molecule has 204 valence electrons. The summed E-state index contributed by atoms with van der Waals surface area (Å²) in [7, 11) is 0. The topological polar surface area (TPSA) is 70.7 Å². The molecule has 0 atom stereocenters. The van der Waals surface area contributed by atoms with Gasteiger partial charge in [0.05, 0.1) is 45.6 Å². The summed E-state index contributed by atoms with van der Waals surface area (Å²) in [6.07, 6.45) is 0. The quantitative estimate of drug-likeness (QED) is 0.219. The number of phenols is 1. The van der Waals surface area contributed by atoms with Gasteiger partial charge in [0.15, 0.2) is 0 Å². The molecule has 0 spiro atoms. The molecular formula is C36H34N4O. The lowest BCUT2D eigenvalue weighted by Crippen LogP contribution is -2.01. The van der Waals surface area contributed by atoms with Crippen LogP contribution in [0.5, 0.6) is 5.75 Å². The highest BCUT2D eigenvalue weighted by atomic mass is 16.3. The number of nitrogens with zero attached hydrogens (tertiary/aromatic N) is 4. The van der Waals surface area contributed by atoms with E-state index in [0.29, 0.717) is 22.5 Å². The van der Waals surface area contributed by atoms with Crippen LogP contribution in [0, 0.1) is 27.7 Å². The predicted octanol–water partition coefficient (Wildman–Crippen LogP) is 9.03. The van der Waals surface area contributed by atoms with Crippen LogP contribution in [0.15, 0.2) is 101 Å². The third kappa shape index (κ3) is 5.85. The molecule has 0 aliphatic rings. The Labute approximate surface area is 242 Å². The number of para-hydroxylation sites is 3. The first-order valence-electron chi connectivity index (χ1n) is 13.7. The van der Waals surface area contributed by atoms with Crippen LogP contribution in [0.1, 0.15) is 47.5 Å². The molecule has 0 saturated carbocycles. The summed E-state index contributed by atoms with van der Waals surface area (Å²) in [6, 6.07) is 29.6. The molecule has 0 bridgehead atoms. The van der Waals surface area contributed by atoms with Gasteiger partial charge in [-0.2, -0.15) is 0 Å². The first-order chi connectivity index (χ1) is 19.7. The number of aromatic nitrogens is 2. The van der Waals surface area contributed by atoms with Crippen LogP contribution >= 0.6 is 0 Å². The van der Waals surface area contributed by atoms with Gasteiger partial charge in [0.2, 0.25) is 0 Å². The molecule has 5 aromatic rings. The average Bonchev–Trinajstić information content (AvgIpc) is 2.97. The van der Waals surface area contributed by atoms with Crippen molar-refractivity contribution in [1.82, 2.24) is 9.97 Å². The molecule has 0 aliphatic carbocycles. The minimum Gasteiger partial charge on any atom is -0.507 e. The first kappa shape index (κ1) is 27.7. The zero-order chi connectivity index (χ0) is 29.1. The van der Waals surface area contributed by atoms with Crippen molar-refractivity contribution in [2.45, 2.75) is 41.5 Å². The van der Waals surface area contributed by atoms with E-state index in [1.165, 1.54) is 0 Å². The molecule has 0 amide bonds. The zero-order valence-electron chi connectivity index (χ0n) is 24.4. The number of phenolic OH excluding ortho intramolecular Hbond substituents is 1. The SMILES string of the molecule is CC(=Nc1c(C)cccc1C)c1cccc(-c2cccc(-c3cccc(C(C)=Nc4c(C)cccc4C)n3)c2O)n1. The van der Waals surface area contributed by atoms with Crippen molar-refractivity contribution < 1.29 is 5.11 Å². The number of aryl methyl sites for hydroxylation is 4. The van der Waals surface area contributed by atoms with Crippen LogP contribution in [0.2, 0.25) is 0 Å². The highest BCUT2D eigenvalue weighted by molar-refractivity contribution is 6.00. The van der Waals surface area contributed by atoms with Crippen molar-refractivity contribution >= 4 is 22.8 Å². The van der Waals surface area contributed by atoms with E-state index < -0.39 is 0 Å². The lowest BCUT2D eigenvalue weighted by molar-refractivity contribution is 0.479. The zero-order valence-corrected chi connectivity index (χ0v) is 24.4. The Hall–Kier alpha value is -4.90. The monoisotopic (exact) mass is 538 g/mol. The maximum absolute atomic E-state index is 11.4. The second-order valence-electron chi connectivity index (χ2n) is 10.4. The minimum atomic E-state index is 0.135. The number of hydrogen-bond acceptors (Lipinski definition) is 5. The van der Waals surface area contributed by atoms with E-state index in [-0.39, 0.29) is 5.75 Å². The van der Waals surface area contributed by atoms with E-state index in [9.17, 15) is 5.11 Å². The normalized spacial score (nSPS) is 12.0. The van der Waals surface area contributed by atoms with E-state index in [1.807, 2.05) is 80.6 Å². The van der Waals surface area contributed by atoms with Crippen LogP contribution < -0.4 is 0 Å². The van der Waals surface area contributed by atoms with Crippen LogP contribution in [0.4, 0.5) is 11.4 Å². The molecule has 5 nitrogen and oxygen atoms in total. The molecule has 0 aliphatic heterocycles. The fraction of sp³-hybridized carbons (Fsp3) is 0.167. The maximum Gasteiger partial charge on any atom is 0.134 e. The van der Waals surface area contributed by atoms with Crippen molar-refractivity contribution in [2.75, 3.05) is 0 Å². The molecule has 0 radical (unpaired) electrons. The number of aliphatic imine (C=N–C) groups is 2. The van der Waals surface area contributed by atoms with Crippen LogP contribution in [0.25, 0.3) is 22.5 Å². The van der Waals surface area contributed by atoms with Gasteiger partial charge in [-0.05, 0) is 100 Å². The molecule has 0 unspecified atom stereocenters.